The summed E-state index contributed by atoms with van der Waals surface area (Å²) >= 11 is 0. The Bertz CT molecular complexity index is 718. The number of likely N-dealkylation sites (tertiary alicyclic amines) is 1. The van der Waals surface area contributed by atoms with Crippen LogP contribution >= 0.6 is 0 Å². The van der Waals surface area contributed by atoms with Crippen molar-refractivity contribution in [3.8, 4) is 0 Å². The van der Waals surface area contributed by atoms with Crippen LogP contribution in [0.15, 0.2) is 60.7 Å². The lowest BCUT2D eigenvalue weighted by atomic mass is 10.1. The molecule has 130 valence electrons. The van der Waals surface area contributed by atoms with Gasteiger partial charge in [0.15, 0.2) is 0 Å². The maximum atomic E-state index is 12.3. The largest absolute Gasteiger partial charge is 0.334 e. The molecule has 3 rings (SSSR count). The van der Waals surface area contributed by atoms with E-state index in [0.717, 1.165) is 11.1 Å². The second kappa shape index (κ2) is 7.83. The highest BCUT2D eigenvalue weighted by Crippen LogP contribution is 2.25. The lowest BCUT2D eigenvalue weighted by Gasteiger charge is -2.25. The Morgan fingerprint density at radius 2 is 1.76 bits per heavy atom. The predicted octanol–water partition coefficient (Wildman–Crippen LogP) is 2.85. The van der Waals surface area contributed by atoms with Gasteiger partial charge >= 0.3 is 6.03 Å². The number of carbonyl (C=O) groups is 2. The fourth-order valence-electron chi connectivity index (χ4n) is 3.13. The van der Waals surface area contributed by atoms with Crippen LogP contribution in [0.2, 0.25) is 0 Å². The van der Waals surface area contributed by atoms with Crippen LogP contribution < -0.4 is 10.6 Å². The summed E-state index contributed by atoms with van der Waals surface area (Å²) < 4.78 is 0. The van der Waals surface area contributed by atoms with E-state index >= 15 is 0 Å². The third-order valence-electron chi connectivity index (χ3n) is 4.54. The molecule has 2 N–H and O–H groups in total. The highest BCUT2D eigenvalue weighted by atomic mass is 16.2. The van der Waals surface area contributed by atoms with Gasteiger partial charge in [-0.15, -0.1) is 0 Å². The smallest absolute Gasteiger partial charge is 0.315 e. The summed E-state index contributed by atoms with van der Waals surface area (Å²) in [4.78, 5) is 26.2. The molecule has 2 unspecified atom stereocenters. The third kappa shape index (κ3) is 4.38. The van der Waals surface area contributed by atoms with Gasteiger partial charge in [-0.25, -0.2) is 4.79 Å². The van der Waals surface area contributed by atoms with Crippen LogP contribution in [-0.2, 0) is 11.3 Å². The number of benzene rings is 2. The minimum absolute atomic E-state index is 0.00730. The molecule has 5 heteroatoms. The standard InChI is InChI=1S/C20H23N3O2/c1-15(17-10-6-3-7-11-17)23-14-18(12-19(23)24)22-20(25)21-13-16-8-4-2-5-9-16/h2-11,15,18H,12-14H2,1H3,(H2,21,22,25). The number of hydrogen-bond donors (Lipinski definition) is 2. The van der Waals surface area contributed by atoms with Gasteiger partial charge in [-0.2, -0.15) is 0 Å². The molecule has 5 nitrogen and oxygen atoms in total. The molecule has 1 aliphatic rings. The zero-order valence-corrected chi connectivity index (χ0v) is 14.3. The number of carbonyl (C=O) groups excluding carboxylic acids is 2. The number of nitrogens with one attached hydrogen (secondary N) is 2. The molecule has 25 heavy (non-hydrogen) atoms. The van der Waals surface area contributed by atoms with Crippen molar-refractivity contribution >= 4 is 11.9 Å². The molecule has 0 spiro atoms. The molecule has 1 saturated heterocycles. The first-order valence-electron chi connectivity index (χ1n) is 8.56. The molecular formula is C20H23N3O2. The van der Waals surface area contributed by atoms with E-state index in [4.69, 9.17) is 0 Å². The minimum Gasteiger partial charge on any atom is -0.334 e. The van der Waals surface area contributed by atoms with Crippen LogP contribution in [0.25, 0.3) is 0 Å². The SMILES string of the molecule is CC(c1ccccc1)N1CC(NC(=O)NCc2ccccc2)CC1=O. The van der Waals surface area contributed by atoms with Crippen molar-refractivity contribution in [2.24, 2.45) is 0 Å². The van der Waals surface area contributed by atoms with E-state index in [1.807, 2.05) is 72.5 Å². The molecule has 3 amide bonds. The molecule has 0 bridgehead atoms. The number of amides is 3. The molecule has 0 radical (unpaired) electrons. The molecular weight excluding hydrogens is 314 g/mol. The molecule has 1 fully saturated rings. The molecule has 1 heterocycles. The Morgan fingerprint density at radius 3 is 2.44 bits per heavy atom. The van der Waals surface area contributed by atoms with Crippen molar-refractivity contribution in [1.29, 1.82) is 0 Å². The maximum Gasteiger partial charge on any atom is 0.315 e. The van der Waals surface area contributed by atoms with Crippen LogP contribution in [0.3, 0.4) is 0 Å². The molecule has 2 atom stereocenters. The quantitative estimate of drug-likeness (QED) is 0.881. The number of rotatable bonds is 5. The van der Waals surface area contributed by atoms with Gasteiger partial charge in [0.2, 0.25) is 5.91 Å². The van der Waals surface area contributed by atoms with Gasteiger partial charge in [-0.1, -0.05) is 60.7 Å². The monoisotopic (exact) mass is 337 g/mol. The predicted molar refractivity (Wildman–Crippen MR) is 96.8 cm³/mol. The molecule has 0 aromatic heterocycles. The van der Waals surface area contributed by atoms with E-state index in [2.05, 4.69) is 10.6 Å². The molecule has 2 aromatic rings. The van der Waals surface area contributed by atoms with Crippen LogP contribution in [0.4, 0.5) is 4.79 Å². The second-order valence-corrected chi connectivity index (χ2v) is 6.35. The molecule has 0 aliphatic carbocycles. The number of nitrogens with zero attached hydrogens (tertiary/aromatic N) is 1. The van der Waals surface area contributed by atoms with Gasteiger partial charge in [-0.05, 0) is 18.1 Å². The third-order valence-corrected chi connectivity index (χ3v) is 4.54. The Hall–Kier alpha value is -2.82. The number of urea groups is 1. The second-order valence-electron chi connectivity index (χ2n) is 6.35. The van der Waals surface area contributed by atoms with Gasteiger partial charge < -0.3 is 15.5 Å². The average Bonchev–Trinajstić information content (AvgIpc) is 3.01. The minimum atomic E-state index is -0.240. The molecule has 2 aromatic carbocycles. The van der Waals surface area contributed by atoms with Crippen molar-refractivity contribution in [1.82, 2.24) is 15.5 Å². The topological polar surface area (TPSA) is 61.4 Å². The summed E-state index contributed by atoms with van der Waals surface area (Å²) in [5.41, 5.74) is 2.14. The summed E-state index contributed by atoms with van der Waals surface area (Å²) in [7, 11) is 0. The zero-order chi connectivity index (χ0) is 17.6. The average molecular weight is 337 g/mol. The summed E-state index contributed by atoms with van der Waals surface area (Å²) in [6, 6.07) is 19.3. The Morgan fingerprint density at radius 1 is 1.12 bits per heavy atom. The molecule has 0 saturated carbocycles. The Kier molecular flexibility index (Phi) is 5.33. The van der Waals surface area contributed by atoms with E-state index < -0.39 is 0 Å². The van der Waals surface area contributed by atoms with Crippen molar-refractivity contribution in [3.63, 3.8) is 0 Å². The van der Waals surface area contributed by atoms with Crippen LogP contribution in [0.5, 0.6) is 0 Å². The summed E-state index contributed by atoms with van der Waals surface area (Å²) in [5, 5.41) is 5.74. The van der Waals surface area contributed by atoms with Crippen LogP contribution in [0.1, 0.15) is 30.5 Å². The lowest BCUT2D eigenvalue weighted by molar-refractivity contribution is -0.129. The Labute approximate surface area is 148 Å². The summed E-state index contributed by atoms with van der Waals surface area (Å²) in [6.45, 7) is 3.02. The van der Waals surface area contributed by atoms with Gasteiger partial charge in [0.25, 0.3) is 0 Å². The van der Waals surface area contributed by atoms with E-state index in [-0.39, 0.29) is 24.0 Å². The van der Waals surface area contributed by atoms with E-state index in [1.54, 1.807) is 0 Å². The number of hydrogen-bond acceptors (Lipinski definition) is 2. The van der Waals surface area contributed by atoms with Crippen molar-refractivity contribution in [2.45, 2.75) is 32.0 Å². The lowest BCUT2D eigenvalue weighted by Crippen LogP contribution is -2.43. The molecule has 1 aliphatic heterocycles. The summed E-state index contributed by atoms with van der Waals surface area (Å²) in [5.74, 6) is 0.0738. The fraction of sp³-hybridized carbons (Fsp3) is 0.300. The fourth-order valence-corrected chi connectivity index (χ4v) is 3.13. The highest BCUT2D eigenvalue weighted by molar-refractivity contribution is 5.82. The van der Waals surface area contributed by atoms with Gasteiger partial charge in [0, 0.05) is 19.5 Å². The first-order valence-corrected chi connectivity index (χ1v) is 8.56. The van der Waals surface area contributed by atoms with E-state index in [9.17, 15) is 9.59 Å². The normalized spacial score (nSPS) is 18.0. The van der Waals surface area contributed by atoms with Crippen molar-refractivity contribution in [2.75, 3.05) is 6.54 Å². The van der Waals surface area contributed by atoms with Gasteiger partial charge in [0.05, 0.1) is 12.1 Å². The van der Waals surface area contributed by atoms with Gasteiger partial charge in [0.1, 0.15) is 0 Å². The van der Waals surface area contributed by atoms with Crippen LogP contribution in [-0.4, -0.2) is 29.4 Å². The maximum absolute atomic E-state index is 12.3. The highest BCUT2D eigenvalue weighted by Gasteiger charge is 2.33. The summed E-state index contributed by atoms with van der Waals surface area (Å²) in [6.07, 6.45) is 0.343. The van der Waals surface area contributed by atoms with E-state index in [0.29, 0.717) is 19.5 Å². The van der Waals surface area contributed by atoms with Crippen LogP contribution in [0, 0.1) is 0 Å². The first kappa shape index (κ1) is 17.0. The van der Waals surface area contributed by atoms with Crippen molar-refractivity contribution in [3.05, 3.63) is 71.8 Å². The van der Waals surface area contributed by atoms with Crippen molar-refractivity contribution < 1.29 is 9.59 Å². The van der Waals surface area contributed by atoms with Gasteiger partial charge in [-0.3, -0.25) is 4.79 Å². The zero-order valence-electron chi connectivity index (χ0n) is 14.3. The Balaban J connectivity index is 1.51. The first-order chi connectivity index (χ1) is 12.1. The van der Waals surface area contributed by atoms with E-state index in [1.165, 1.54) is 0 Å².